The van der Waals surface area contributed by atoms with Crippen molar-refractivity contribution in [2.45, 2.75) is 25.6 Å². The average Bonchev–Trinajstić information content (AvgIpc) is 2.97. The van der Waals surface area contributed by atoms with E-state index in [2.05, 4.69) is 4.98 Å². The number of hydrogen-bond acceptors (Lipinski definition) is 4. The van der Waals surface area contributed by atoms with E-state index in [-0.39, 0.29) is 19.5 Å². The number of halogens is 3. The molecule has 2 N–H and O–H groups in total. The third-order valence-electron chi connectivity index (χ3n) is 3.72. The predicted octanol–water partition coefficient (Wildman–Crippen LogP) is 2.63. The van der Waals surface area contributed by atoms with Crippen LogP contribution in [0.15, 0.2) is 11.6 Å². The van der Waals surface area contributed by atoms with Crippen molar-refractivity contribution in [1.82, 2.24) is 9.38 Å². The maximum Gasteiger partial charge on any atom is 0.393 e. The molecule has 1 saturated heterocycles. The first-order valence-electron chi connectivity index (χ1n) is 6.47. The fourth-order valence-electron chi connectivity index (χ4n) is 2.70. The summed E-state index contributed by atoms with van der Waals surface area (Å²) >= 11 is 1.46. The highest BCUT2D eigenvalue weighted by atomic mass is 32.1. The van der Waals surface area contributed by atoms with Crippen LogP contribution in [0, 0.1) is 5.92 Å². The van der Waals surface area contributed by atoms with Gasteiger partial charge in [0.05, 0.1) is 11.6 Å². The van der Waals surface area contributed by atoms with Crippen LogP contribution in [0.3, 0.4) is 0 Å². The highest BCUT2D eigenvalue weighted by Gasteiger charge is 2.42. The molecule has 0 spiro atoms. The minimum atomic E-state index is -4.14. The van der Waals surface area contributed by atoms with E-state index < -0.39 is 12.1 Å². The normalized spacial score (nSPS) is 20.8. The lowest BCUT2D eigenvalue weighted by Crippen LogP contribution is -2.42. The number of aromatic nitrogens is 2. The van der Waals surface area contributed by atoms with Gasteiger partial charge in [0.25, 0.3) is 0 Å². The number of imidazole rings is 1. The molecule has 0 radical (unpaired) electrons. The molecule has 3 rings (SSSR count). The second-order valence-corrected chi connectivity index (χ2v) is 5.84. The van der Waals surface area contributed by atoms with Crippen molar-refractivity contribution in [3.8, 4) is 0 Å². The highest BCUT2D eigenvalue weighted by molar-refractivity contribution is 7.15. The molecule has 0 saturated carbocycles. The van der Waals surface area contributed by atoms with Crippen LogP contribution in [0.5, 0.6) is 0 Å². The molecule has 0 bridgehead atoms. The Kier molecular flexibility index (Phi) is 3.37. The van der Waals surface area contributed by atoms with E-state index in [9.17, 15) is 13.2 Å². The Bertz CT molecular complexity index is 603. The Morgan fingerprint density at radius 1 is 1.45 bits per heavy atom. The second kappa shape index (κ2) is 4.92. The third kappa shape index (κ3) is 2.26. The number of alkyl halides is 3. The summed E-state index contributed by atoms with van der Waals surface area (Å²) in [6.07, 6.45) is -1.57. The van der Waals surface area contributed by atoms with E-state index in [4.69, 9.17) is 5.73 Å². The van der Waals surface area contributed by atoms with Gasteiger partial charge < -0.3 is 10.6 Å². The Morgan fingerprint density at radius 3 is 2.95 bits per heavy atom. The van der Waals surface area contributed by atoms with Crippen molar-refractivity contribution in [2.24, 2.45) is 11.7 Å². The minimum Gasteiger partial charge on any atom is -0.354 e. The van der Waals surface area contributed by atoms with Crippen LogP contribution in [0.2, 0.25) is 0 Å². The summed E-state index contributed by atoms with van der Waals surface area (Å²) < 4.78 is 40.5. The number of nitrogens with zero attached hydrogens (tertiary/aromatic N) is 3. The molecular formula is C12H15F3N4S. The fourth-order valence-corrected chi connectivity index (χ4v) is 3.43. The van der Waals surface area contributed by atoms with Gasteiger partial charge in [-0.3, -0.25) is 4.40 Å². The average molecular weight is 304 g/mol. The molecular weight excluding hydrogens is 289 g/mol. The van der Waals surface area contributed by atoms with Crippen LogP contribution >= 0.6 is 11.3 Å². The largest absolute Gasteiger partial charge is 0.393 e. The Labute approximate surface area is 118 Å². The zero-order valence-electron chi connectivity index (χ0n) is 10.7. The van der Waals surface area contributed by atoms with Gasteiger partial charge in [0.15, 0.2) is 10.8 Å². The molecule has 4 nitrogen and oxygen atoms in total. The monoisotopic (exact) mass is 304 g/mol. The highest BCUT2D eigenvalue weighted by Crippen LogP contribution is 2.35. The topological polar surface area (TPSA) is 46.6 Å². The van der Waals surface area contributed by atoms with Crippen LogP contribution in [0.1, 0.15) is 18.5 Å². The second-order valence-electron chi connectivity index (χ2n) is 4.97. The van der Waals surface area contributed by atoms with Crippen LogP contribution in [0.25, 0.3) is 4.96 Å². The number of anilines is 1. The standard InChI is InChI=1S/C12H15F3N4S/c13-12(14,15)8-2-1-3-18(7-8)10-9(6-16)19-4-5-20-11(19)17-10/h4-5,8H,1-3,6-7,16H2. The van der Waals surface area contributed by atoms with Crippen LogP contribution in [-0.4, -0.2) is 28.7 Å². The zero-order valence-corrected chi connectivity index (χ0v) is 11.5. The third-order valence-corrected chi connectivity index (χ3v) is 4.47. The van der Waals surface area contributed by atoms with E-state index in [1.54, 1.807) is 4.90 Å². The summed E-state index contributed by atoms with van der Waals surface area (Å²) in [6.45, 7) is 0.839. The summed E-state index contributed by atoms with van der Waals surface area (Å²) in [5, 5.41) is 1.89. The lowest BCUT2D eigenvalue weighted by molar-refractivity contribution is -0.176. The van der Waals surface area contributed by atoms with Gasteiger partial charge in [-0.15, -0.1) is 11.3 Å². The van der Waals surface area contributed by atoms with E-state index in [0.29, 0.717) is 18.8 Å². The maximum absolute atomic E-state index is 12.9. The number of hydrogen-bond donors (Lipinski definition) is 1. The lowest BCUT2D eigenvalue weighted by Gasteiger charge is -2.34. The summed E-state index contributed by atoms with van der Waals surface area (Å²) in [7, 11) is 0. The Balaban J connectivity index is 1.92. The number of thiazole rings is 1. The summed E-state index contributed by atoms with van der Waals surface area (Å²) in [5.41, 5.74) is 6.52. The molecule has 0 aromatic carbocycles. The lowest BCUT2D eigenvalue weighted by atomic mass is 9.97. The van der Waals surface area contributed by atoms with Crippen LogP contribution < -0.4 is 10.6 Å². The van der Waals surface area contributed by atoms with Gasteiger partial charge in [-0.1, -0.05) is 0 Å². The molecule has 1 aliphatic rings. The van der Waals surface area contributed by atoms with Crippen LogP contribution in [0.4, 0.5) is 19.0 Å². The van der Waals surface area contributed by atoms with Gasteiger partial charge in [-0.2, -0.15) is 13.2 Å². The van der Waals surface area contributed by atoms with Crippen molar-refractivity contribution >= 4 is 22.1 Å². The smallest absolute Gasteiger partial charge is 0.354 e. The maximum atomic E-state index is 12.9. The first kappa shape index (κ1) is 13.7. The molecule has 1 atom stereocenters. The van der Waals surface area contributed by atoms with Crippen molar-refractivity contribution in [2.75, 3.05) is 18.0 Å². The van der Waals surface area contributed by atoms with Crippen molar-refractivity contribution < 1.29 is 13.2 Å². The molecule has 1 aliphatic heterocycles. The summed E-state index contributed by atoms with van der Waals surface area (Å²) in [6, 6.07) is 0. The molecule has 0 amide bonds. The molecule has 3 heterocycles. The van der Waals surface area contributed by atoms with Gasteiger partial charge in [0.1, 0.15) is 0 Å². The van der Waals surface area contributed by atoms with Crippen molar-refractivity contribution in [3.63, 3.8) is 0 Å². The first-order chi connectivity index (χ1) is 9.50. The number of piperidine rings is 1. The van der Waals surface area contributed by atoms with E-state index >= 15 is 0 Å². The van der Waals surface area contributed by atoms with Crippen LogP contribution in [-0.2, 0) is 6.54 Å². The first-order valence-corrected chi connectivity index (χ1v) is 7.35. The van der Waals surface area contributed by atoms with Gasteiger partial charge in [-0.25, -0.2) is 4.98 Å². The Hall–Kier alpha value is -1.28. The van der Waals surface area contributed by atoms with Gasteiger partial charge in [0, 0.05) is 31.2 Å². The van der Waals surface area contributed by atoms with Gasteiger partial charge in [-0.05, 0) is 12.8 Å². The summed E-state index contributed by atoms with van der Waals surface area (Å²) in [4.78, 5) is 6.94. The molecule has 2 aromatic heterocycles. The predicted molar refractivity (Wildman–Crippen MR) is 72.0 cm³/mol. The number of fused-ring (bicyclic) bond motifs is 1. The minimum absolute atomic E-state index is 0.0265. The Morgan fingerprint density at radius 2 is 2.25 bits per heavy atom. The molecule has 1 fully saturated rings. The molecule has 0 aliphatic carbocycles. The molecule has 1 unspecified atom stereocenters. The van der Waals surface area contributed by atoms with Crippen molar-refractivity contribution in [1.29, 1.82) is 0 Å². The van der Waals surface area contributed by atoms with E-state index in [0.717, 1.165) is 10.7 Å². The van der Waals surface area contributed by atoms with E-state index in [1.807, 2.05) is 16.0 Å². The summed E-state index contributed by atoms with van der Waals surface area (Å²) in [5.74, 6) is -0.671. The molecule has 20 heavy (non-hydrogen) atoms. The van der Waals surface area contributed by atoms with E-state index in [1.165, 1.54) is 11.3 Å². The zero-order chi connectivity index (χ0) is 14.3. The molecule has 8 heteroatoms. The number of nitrogens with two attached hydrogens (primary N) is 1. The SMILES string of the molecule is NCc1c(N2CCCC(C(F)(F)F)C2)nc2sccn12. The van der Waals surface area contributed by atoms with Crippen molar-refractivity contribution in [3.05, 3.63) is 17.3 Å². The molecule has 110 valence electrons. The molecule has 2 aromatic rings. The van der Waals surface area contributed by atoms with Gasteiger partial charge in [0.2, 0.25) is 0 Å². The fraction of sp³-hybridized carbons (Fsp3) is 0.583. The van der Waals surface area contributed by atoms with Gasteiger partial charge >= 0.3 is 6.18 Å². The number of rotatable bonds is 2. The quantitative estimate of drug-likeness (QED) is 0.928.